The number of aromatic nitrogens is 1. The summed E-state index contributed by atoms with van der Waals surface area (Å²) in [7, 11) is 3.15. The number of hydrogen-bond acceptors (Lipinski definition) is 5. The van der Waals surface area contributed by atoms with Gasteiger partial charge in [0.15, 0.2) is 11.5 Å². The molecule has 2 aromatic rings. The predicted octanol–water partition coefficient (Wildman–Crippen LogP) is 2.47. The van der Waals surface area contributed by atoms with E-state index in [2.05, 4.69) is 38.1 Å². The molecule has 7 heteroatoms. The smallest absolute Gasteiger partial charge is 0.272 e. The molecule has 0 bridgehead atoms. The highest BCUT2D eigenvalue weighted by Gasteiger charge is 2.09. The average Bonchev–Trinajstić information content (AvgIpc) is 2.55. The van der Waals surface area contributed by atoms with Crippen molar-refractivity contribution in [3.63, 3.8) is 0 Å². The van der Waals surface area contributed by atoms with Crippen LogP contribution >= 0.6 is 22.6 Å². The summed E-state index contributed by atoms with van der Waals surface area (Å²) in [5.41, 5.74) is 3.68. The molecule has 1 heterocycles. The normalized spacial score (nSPS) is 10.5. The van der Waals surface area contributed by atoms with Crippen molar-refractivity contribution < 1.29 is 14.3 Å². The first-order valence-electron chi connectivity index (χ1n) is 6.30. The molecule has 2 rings (SSSR count). The van der Waals surface area contributed by atoms with Crippen molar-refractivity contribution in [3.8, 4) is 11.5 Å². The van der Waals surface area contributed by atoms with Gasteiger partial charge in [0.2, 0.25) is 0 Å². The number of ether oxygens (including phenoxy) is 2. The number of halogens is 1. The molecule has 0 aliphatic heterocycles. The maximum absolute atomic E-state index is 11.8. The number of amides is 1. The van der Waals surface area contributed by atoms with Crippen molar-refractivity contribution in [2.75, 3.05) is 14.2 Å². The quantitative estimate of drug-likeness (QED) is 0.466. The lowest BCUT2D eigenvalue weighted by molar-refractivity contribution is 0.0955. The third kappa shape index (κ3) is 3.94. The van der Waals surface area contributed by atoms with Crippen LogP contribution < -0.4 is 14.9 Å². The minimum absolute atomic E-state index is 0.320. The molecule has 6 nitrogen and oxygen atoms in total. The molecule has 22 heavy (non-hydrogen) atoms. The van der Waals surface area contributed by atoms with Crippen LogP contribution in [0.2, 0.25) is 0 Å². The first-order valence-corrected chi connectivity index (χ1v) is 7.38. The largest absolute Gasteiger partial charge is 0.493 e. The Labute approximate surface area is 141 Å². The summed E-state index contributed by atoms with van der Waals surface area (Å²) in [5, 5.41) is 3.94. The van der Waals surface area contributed by atoms with E-state index in [1.165, 1.54) is 6.20 Å². The Balaban J connectivity index is 2.10. The van der Waals surface area contributed by atoms with Gasteiger partial charge in [-0.1, -0.05) is 0 Å². The van der Waals surface area contributed by atoms with Crippen LogP contribution in [-0.2, 0) is 0 Å². The van der Waals surface area contributed by atoms with E-state index in [9.17, 15) is 4.79 Å². The Bertz CT molecular complexity index is 690. The van der Waals surface area contributed by atoms with Crippen molar-refractivity contribution in [2.45, 2.75) is 0 Å². The monoisotopic (exact) mass is 411 g/mol. The van der Waals surface area contributed by atoms with Gasteiger partial charge in [0, 0.05) is 12.4 Å². The van der Waals surface area contributed by atoms with Crippen molar-refractivity contribution in [1.29, 1.82) is 0 Å². The Morgan fingerprint density at radius 1 is 1.36 bits per heavy atom. The summed E-state index contributed by atoms with van der Waals surface area (Å²) in [4.78, 5) is 15.7. The molecule has 0 saturated heterocycles. The number of hydrogen-bond donors (Lipinski definition) is 1. The molecule has 0 atom stereocenters. The molecule has 0 unspecified atom stereocenters. The maximum Gasteiger partial charge on any atom is 0.272 e. The number of carbonyl (C=O) groups is 1. The van der Waals surface area contributed by atoms with E-state index >= 15 is 0 Å². The zero-order valence-electron chi connectivity index (χ0n) is 12.0. The zero-order chi connectivity index (χ0) is 15.9. The van der Waals surface area contributed by atoms with Crippen molar-refractivity contribution in [3.05, 3.63) is 51.4 Å². The zero-order valence-corrected chi connectivity index (χ0v) is 14.2. The molecule has 0 aliphatic rings. The molecule has 1 aromatic carbocycles. The van der Waals surface area contributed by atoms with Crippen LogP contribution in [0.25, 0.3) is 0 Å². The third-order valence-electron chi connectivity index (χ3n) is 2.76. The van der Waals surface area contributed by atoms with Gasteiger partial charge in [-0.25, -0.2) is 5.43 Å². The molecule has 0 radical (unpaired) electrons. The lowest BCUT2D eigenvalue weighted by Crippen LogP contribution is -2.17. The summed E-state index contributed by atoms with van der Waals surface area (Å²) in [6.07, 6.45) is 4.62. The molecule has 1 amide bonds. The van der Waals surface area contributed by atoms with Gasteiger partial charge in [-0.15, -0.1) is 0 Å². The number of nitrogens with one attached hydrogen (secondary N) is 1. The average molecular weight is 411 g/mol. The number of hydrazone groups is 1. The van der Waals surface area contributed by atoms with Crippen LogP contribution in [0.3, 0.4) is 0 Å². The first kappa shape index (κ1) is 16.2. The van der Waals surface area contributed by atoms with Crippen LogP contribution in [0.5, 0.6) is 11.5 Å². The summed E-state index contributed by atoms with van der Waals surface area (Å²) < 4.78 is 11.4. The number of methoxy groups -OCH3 is 2. The highest BCUT2D eigenvalue weighted by molar-refractivity contribution is 14.1. The standard InChI is InChI=1S/C15H14IN3O3/c1-21-13-7-10(6-12(16)14(13)22-2)8-18-19-15(20)11-4-3-5-17-9-11/h3-9H,1-2H3,(H,19,20)/b18-8+. The van der Waals surface area contributed by atoms with Crippen LogP contribution in [0, 0.1) is 3.57 Å². The number of rotatable bonds is 5. The fourth-order valence-corrected chi connectivity index (χ4v) is 2.59. The predicted molar refractivity (Wildman–Crippen MR) is 91.6 cm³/mol. The Kier molecular flexibility index (Phi) is 5.70. The lowest BCUT2D eigenvalue weighted by Gasteiger charge is -2.10. The van der Waals surface area contributed by atoms with Crippen LogP contribution in [-0.4, -0.2) is 31.3 Å². The van der Waals surface area contributed by atoms with Gasteiger partial charge in [0.05, 0.1) is 29.6 Å². The first-order chi connectivity index (χ1) is 10.7. The van der Waals surface area contributed by atoms with Crippen molar-refractivity contribution >= 4 is 34.7 Å². The van der Waals surface area contributed by atoms with Crippen LogP contribution in [0.15, 0.2) is 41.8 Å². The molecule has 1 aromatic heterocycles. The van der Waals surface area contributed by atoms with E-state index < -0.39 is 0 Å². The van der Waals surface area contributed by atoms with Gasteiger partial charge in [-0.2, -0.15) is 5.10 Å². The molecular weight excluding hydrogens is 397 g/mol. The number of carbonyl (C=O) groups excluding carboxylic acids is 1. The van der Waals surface area contributed by atoms with E-state index in [1.807, 2.05) is 6.07 Å². The van der Waals surface area contributed by atoms with Gasteiger partial charge in [-0.05, 0) is 52.4 Å². The van der Waals surface area contributed by atoms with Gasteiger partial charge in [0.25, 0.3) is 5.91 Å². The second kappa shape index (κ2) is 7.74. The fourth-order valence-electron chi connectivity index (χ4n) is 1.74. The summed E-state index contributed by atoms with van der Waals surface area (Å²) in [6, 6.07) is 7.01. The lowest BCUT2D eigenvalue weighted by atomic mass is 10.2. The molecule has 0 fully saturated rings. The van der Waals surface area contributed by atoms with Crippen molar-refractivity contribution in [1.82, 2.24) is 10.4 Å². The molecule has 1 N–H and O–H groups in total. The molecule has 114 valence electrons. The summed E-state index contributed by atoms with van der Waals surface area (Å²) >= 11 is 2.15. The molecule has 0 aliphatic carbocycles. The van der Waals surface area contributed by atoms with Gasteiger partial charge in [0.1, 0.15) is 0 Å². The Morgan fingerprint density at radius 3 is 2.82 bits per heavy atom. The van der Waals surface area contributed by atoms with E-state index in [-0.39, 0.29) is 5.91 Å². The van der Waals surface area contributed by atoms with E-state index in [0.29, 0.717) is 17.1 Å². The molecule has 0 spiro atoms. The third-order valence-corrected chi connectivity index (χ3v) is 3.56. The minimum Gasteiger partial charge on any atom is -0.493 e. The number of benzene rings is 1. The van der Waals surface area contributed by atoms with Gasteiger partial charge in [-0.3, -0.25) is 9.78 Å². The second-order valence-corrected chi connectivity index (χ2v) is 5.34. The Hall–Kier alpha value is -2.16. The van der Waals surface area contributed by atoms with Crippen LogP contribution in [0.4, 0.5) is 0 Å². The topological polar surface area (TPSA) is 72.8 Å². The number of nitrogens with zero attached hydrogens (tertiary/aromatic N) is 2. The fraction of sp³-hybridized carbons (Fsp3) is 0.133. The number of pyridine rings is 1. The Morgan fingerprint density at radius 2 is 2.18 bits per heavy atom. The summed E-state index contributed by atoms with van der Waals surface area (Å²) in [6.45, 7) is 0. The van der Waals surface area contributed by atoms with E-state index in [0.717, 1.165) is 9.13 Å². The molecular formula is C15H14IN3O3. The van der Waals surface area contributed by atoms with Gasteiger partial charge < -0.3 is 9.47 Å². The van der Waals surface area contributed by atoms with Crippen LogP contribution in [0.1, 0.15) is 15.9 Å². The van der Waals surface area contributed by atoms with E-state index in [1.54, 1.807) is 44.8 Å². The van der Waals surface area contributed by atoms with Gasteiger partial charge >= 0.3 is 0 Å². The minimum atomic E-state index is -0.320. The second-order valence-electron chi connectivity index (χ2n) is 4.18. The van der Waals surface area contributed by atoms with Crippen molar-refractivity contribution in [2.24, 2.45) is 5.10 Å². The highest BCUT2D eigenvalue weighted by atomic mass is 127. The summed E-state index contributed by atoms with van der Waals surface area (Å²) in [5.74, 6) is 0.952. The molecule has 0 saturated carbocycles. The van der Waals surface area contributed by atoms with E-state index in [4.69, 9.17) is 9.47 Å². The maximum atomic E-state index is 11.8. The highest BCUT2D eigenvalue weighted by Crippen LogP contribution is 2.32. The SMILES string of the molecule is COc1cc(/C=N/NC(=O)c2cccnc2)cc(I)c1OC.